The molecule has 0 atom stereocenters. The van der Waals surface area contributed by atoms with Gasteiger partial charge in [0.25, 0.3) is 10.0 Å². The van der Waals surface area contributed by atoms with Crippen LogP contribution in [0.15, 0.2) is 35.2 Å². The third-order valence-corrected chi connectivity index (χ3v) is 2.70. The molecule has 0 fully saturated rings. The largest absolute Gasteiger partial charge is 0.450 e. The van der Waals surface area contributed by atoms with Gasteiger partial charge in [-0.1, -0.05) is 18.2 Å². The van der Waals surface area contributed by atoms with Crippen molar-refractivity contribution in [1.82, 2.24) is 4.83 Å². The number of hydrogen-bond donors (Lipinski definition) is 3. The number of rotatable bonds is 3. The average molecular weight is 261 g/mol. The van der Waals surface area contributed by atoms with Gasteiger partial charge in [-0.25, -0.2) is 13.2 Å². The molecule has 0 heterocycles. The number of hydrazine groups is 1. The van der Waals surface area contributed by atoms with Gasteiger partial charge in [0.1, 0.15) is 0 Å². The molecule has 0 aliphatic rings. The van der Waals surface area contributed by atoms with E-state index >= 15 is 0 Å². The first-order valence-electron chi connectivity index (χ1n) is 4.63. The molecule has 0 bridgehead atoms. The van der Waals surface area contributed by atoms with Gasteiger partial charge in [0.15, 0.2) is 0 Å². The van der Waals surface area contributed by atoms with E-state index in [0.29, 0.717) is 6.61 Å². The Morgan fingerprint density at radius 3 is 2.18 bits per heavy atom. The van der Waals surface area contributed by atoms with Crippen LogP contribution in [0.25, 0.3) is 0 Å². The van der Waals surface area contributed by atoms with Crippen molar-refractivity contribution in [3.05, 3.63) is 30.3 Å². The number of hydrogen-bond acceptors (Lipinski definition) is 5. The van der Waals surface area contributed by atoms with Gasteiger partial charge >= 0.3 is 6.09 Å². The van der Waals surface area contributed by atoms with E-state index in [4.69, 9.17) is 5.84 Å². The van der Waals surface area contributed by atoms with Crippen molar-refractivity contribution < 1.29 is 17.9 Å². The minimum Gasteiger partial charge on any atom is -0.450 e. The molecule has 0 aliphatic carbocycles. The van der Waals surface area contributed by atoms with E-state index in [0.717, 1.165) is 0 Å². The van der Waals surface area contributed by atoms with E-state index in [1.165, 1.54) is 12.1 Å². The van der Waals surface area contributed by atoms with Crippen LogP contribution in [-0.4, -0.2) is 21.1 Å². The van der Waals surface area contributed by atoms with Crippen LogP contribution in [-0.2, 0) is 14.8 Å². The van der Waals surface area contributed by atoms with Crippen LogP contribution in [0, 0.1) is 0 Å². The van der Waals surface area contributed by atoms with E-state index in [9.17, 15) is 13.2 Å². The number of benzene rings is 1. The number of nitrogens with two attached hydrogens (primary N) is 2. The summed E-state index contributed by atoms with van der Waals surface area (Å²) >= 11 is 0. The minimum absolute atomic E-state index is 0.169. The highest BCUT2D eigenvalue weighted by Gasteiger charge is 2.08. The molecule has 96 valence electrons. The zero-order valence-electron chi connectivity index (χ0n) is 9.29. The summed E-state index contributed by atoms with van der Waals surface area (Å²) in [6, 6.07) is 7.92. The third-order valence-electron chi connectivity index (χ3n) is 1.50. The van der Waals surface area contributed by atoms with Gasteiger partial charge in [-0.2, -0.15) is 4.83 Å². The molecule has 1 amide bonds. The highest BCUT2D eigenvalue weighted by Crippen LogP contribution is 2.04. The average Bonchev–Trinajstić information content (AvgIpc) is 2.31. The zero-order chi connectivity index (χ0) is 13.3. The van der Waals surface area contributed by atoms with E-state index < -0.39 is 16.1 Å². The van der Waals surface area contributed by atoms with Crippen molar-refractivity contribution in [3.8, 4) is 0 Å². The van der Waals surface area contributed by atoms with Gasteiger partial charge in [0.2, 0.25) is 0 Å². The summed E-state index contributed by atoms with van der Waals surface area (Å²) in [6.07, 6.45) is -0.711. The second-order valence-electron chi connectivity index (χ2n) is 2.69. The standard InChI is InChI=1S/C6H8N2O2S.C3H7NO2/c7-8-11(9,10)6-4-2-1-3-5-6;1-2-6-3(4)5/h1-5,8H,7H2;2H2,1H3,(H2,4,5). The number of carbonyl (C=O) groups excluding carboxylic acids is 1. The Labute approximate surface area is 99.8 Å². The fourth-order valence-electron chi connectivity index (χ4n) is 0.810. The number of carbonyl (C=O) groups is 1. The highest BCUT2D eigenvalue weighted by molar-refractivity contribution is 7.89. The summed E-state index contributed by atoms with van der Waals surface area (Å²) in [5.74, 6) is 4.80. The first-order valence-corrected chi connectivity index (χ1v) is 6.12. The van der Waals surface area contributed by atoms with Crippen LogP contribution >= 0.6 is 0 Å². The SMILES string of the molecule is CCOC(N)=O.NNS(=O)(=O)c1ccccc1. The molecule has 0 radical (unpaired) electrons. The van der Waals surface area contributed by atoms with E-state index in [2.05, 4.69) is 10.5 Å². The van der Waals surface area contributed by atoms with Crippen LogP contribution in [0.1, 0.15) is 6.92 Å². The molecule has 0 aromatic heterocycles. The van der Waals surface area contributed by atoms with Crippen LogP contribution in [0.5, 0.6) is 0 Å². The lowest BCUT2D eigenvalue weighted by molar-refractivity contribution is 0.163. The maximum atomic E-state index is 11.0. The molecule has 1 rings (SSSR count). The van der Waals surface area contributed by atoms with Crippen LogP contribution in [0.3, 0.4) is 0 Å². The molecule has 7 nitrogen and oxygen atoms in total. The molecule has 0 aliphatic heterocycles. The van der Waals surface area contributed by atoms with Crippen molar-refractivity contribution in [1.29, 1.82) is 0 Å². The highest BCUT2D eigenvalue weighted by atomic mass is 32.2. The Kier molecular flexibility index (Phi) is 6.87. The summed E-state index contributed by atoms with van der Waals surface area (Å²) < 4.78 is 26.1. The fraction of sp³-hybridized carbons (Fsp3) is 0.222. The second kappa shape index (κ2) is 7.60. The summed E-state index contributed by atoms with van der Waals surface area (Å²) in [4.78, 5) is 11.5. The summed E-state index contributed by atoms with van der Waals surface area (Å²) in [5.41, 5.74) is 4.54. The maximum absolute atomic E-state index is 11.0. The minimum atomic E-state index is -3.47. The van der Waals surface area contributed by atoms with Gasteiger partial charge in [0.05, 0.1) is 11.5 Å². The second-order valence-corrected chi connectivity index (χ2v) is 4.40. The lowest BCUT2D eigenvalue weighted by atomic mass is 10.4. The molecule has 0 spiro atoms. The molecule has 17 heavy (non-hydrogen) atoms. The van der Waals surface area contributed by atoms with Gasteiger partial charge in [-0.3, -0.25) is 5.84 Å². The fourth-order valence-corrected chi connectivity index (χ4v) is 1.46. The van der Waals surface area contributed by atoms with Gasteiger partial charge in [0, 0.05) is 0 Å². The predicted molar refractivity (Wildman–Crippen MR) is 62.2 cm³/mol. The van der Waals surface area contributed by atoms with Crippen molar-refractivity contribution in [2.24, 2.45) is 11.6 Å². The quantitative estimate of drug-likeness (QED) is 0.519. The number of amides is 1. The number of sulfonamides is 1. The normalized spacial score (nSPS) is 10.0. The lowest BCUT2D eigenvalue weighted by Crippen LogP contribution is -2.30. The topological polar surface area (TPSA) is 125 Å². The molecule has 0 saturated heterocycles. The molecule has 1 aromatic carbocycles. The van der Waals surface area contributed by atoms with Crippen LogP contribution in [0.2, 0.25) is 0 Å². The summed E-state index contributed by atoms with van der Waals surface area (Å²) in [6.45, 7) is 2.06. The molecule has 0 saturated carbocycles. The lowest BCUT2D eigenvalue weighted by Gasteiger charge is -1.99. The van der Waals surface area contributed by atoms with E-state index in [1.807, 2.05) is 0 Å². The Bertz CT molecular complexity index is 433. The van der Waals surface area contributed by atoms with E-state index in [1.54, 1.807) is 30.0 Å². The van der Waals surface area contributed by atoms with Gasteiger partial charge in [-0.05, 0) is 19.1 Å². The van der Waals surface area contributed by atoms with Crippen molar-refractivity contribution in [3.63, 3.8) is 0 Å². The number of ether oxygens (including phenoxy) is 1. The Hall–Kier alpha value is -1.64. The maximum Gasteiger partial charge on any atom is 0.404 e. The van der Waals surface area contributed by atoms with E-state index in [-0.39, 0.29) is 4.90 Å². The molecular formula is C9H15N3O4S. The molecule has 8 heteroatoms. The molecule has 0 unspecified atom stereocenters. The molecule has 1 aromatic rings. The smallest absolute Gasteiger partial charge is 0.404 e. The Balaban J connectivity index is 0.000000366. The van der Waals surface area contributed by atoms with Crippen LogP contribution < -0.4 is 16.4 Å². The first-order chi connectivity index (χ1) is 7.94. The predicted octanol–water partition coefficient (Wildman–Crippen LogP) is -0.0598. The first kappa shape index (κ1) is 15.4. The van der Waals surface area contributed by atoms with Gasteiger partial charge in [-0.15, -0.1) is 0 Å². The summed E-state index contributed by atoms with van der Waals surface area (Å²) in [5, 5.41) is 0. The Morgan fingerprint density at radius 2 is 1.88 bits per heavy atom. The zero-order valence-corrected chi connectivity index (χ0v) is 10.1. The third kappa shape index (κ3) is 6.51. The van der Waals surface area contributed by atoms with Crippen LogP contribution in [0.4, 0.5) is 4.79 Å². The van der Waals surface area contributed by atoms with Gasteiger partial charge < -0.3 is 10.5 Å². The summed E-state index contributed by atoms with van der Waals surface area (Å²) in [7, 11) is -3.47. The van der Waals surface area contributed by atoms with Crippen molar-refractivity contribution >= 4 is 16.1 Å². The Morgan fingerprint density at radius 1 is 1.35 bits per heavy atom. The number of nitrogens with one attached hydrogen (secondary N) is 1. The molecular weight excluding hydrogens is 246 g/mol. The monoisotopic (exact) mass is 261 g/mol. The van der Waals surface area contributed by atoms with Crippen molar-refractivity contribution in [2.75, 3.05) is 6.61 Å². The van der Waals surface area contributed by atoms with Crippen molar-refractivity contribution in [2.45, 2.75) is 11.8 Å². The molecule has 5 N–H and O–H groups in total. The number of primary amides is 1.